The number of β-lactam (4-membered cyclic amide) rings is 1. The van der Waals surface area contributed by atoms with Crippen molar-refractivity contribution in [3.05, 3.63) is 35.3 Å². The van der Waals surface area contributed by atoms with Crippen LogP contribution in [0.15, 0.2) is 34.7 Å². The van der Waals surface area contributed by atoms with Gasteiger partial charge in [0.15, 0.2) is 17.0 Å². The van der Waals surface area contributed by atoms with Gasteiger partial charge in [0, 0.05) is 0 Å². The molecule has 3 heterocycles. The van der Waals surface area contributed by atoms with E-state index in [2.05, 4.69) is 15.5 Å². The molecule has 9 nitrogen and oxygen atoms in total. The number of nitrogens with zero attached hydrogens (tertiary/aromatic N) is 3. The van der Waals surface area contributed by atoms with Gasteiger partial charge in [-0.3, -0.25) is 9.59 Å². The van der Waals surface area contributed by atoms with Crippen LogP contribution in [0.25, 0.3) is 0 Å². The first-order valence-electron chi connectivity index (χ1n) is 8.97. The van der Waals surface area contributed by atoms with Crippen molar-refractivity contribution in [1.82, 2.24) is 20.4 Å². The molecule has 2 aliphatic heterocycles. The predicted molar refractivity (Wildman–Crippen MR) is 112 cm³/mol. The molecule has 0 bridgehead atoms. The first-order chi connectivity index (χ1) is 14.3. The van der Waals surface area contributed by atoms with E-state index in [4.69, 9.17) is 4.74 Å². The van der Waals surface area contributed by atoms with Crippen LogP contribution in [-0.4, -0.2) is 66.1 Å². The van der Waals surface area contributed by atoms with Crippen molar-refractivity contribution < 1.29 is 24.2 Å². The second-order valence-electron chi connectivity index (χ2n) is 6.85. The van der Waals surface area contributed by atoms with Crippen LogP contribution in [0, 0.1) is 6.92 Å². The summed E-state index contributed by atoms with van der Waals surface area (Å²) in [6.07, 6.45) is 0. The van der Waals surface area contributed by atoms with Crippen molar-refractivity contribution in [2.45, 2.75) is 39.7 Å². The molecule has 0 aliphatic carbocycles. The average molecular weight is 467 g/mol. The van der Waals surface area contributed by atoms with Crippen LogP contribution in [0.4, 0.5) is 0 Å². The van der Waals surface area contributed by atoms with Gasteiger partial charge >= 0.3 is 5.97 Å². The molecular formula is C18H18N4O5S3. The van der Waals surface area contributed by atoms with Gasteiger partial charge in [-0.25, -0.2) is 4.79 Å². The molecule has 2 fully saturated rings. The molecule has 4 atom stereocenters. The number of amides is 2. The summed E-state index contributed by atoms with van der Waals surface area (Å²) in [5.41, 5.74) is 0. The molecule has 2 aliphatic rings. The number of benzene rings is 1. The molecule has 1 aromatic heterocycles. The van der Waals surface area contributed by atoms with Gasteiger partial charge in [0.1, 0.15) is 22.2 Å². The number of carboxylic acid groups (broad SMARTS) is 1. The van der Waals surface area contributed by atoms with Crippen LogP contribution >= 0.6 is 34.9 Å². The number of hydrogen-bond donors (Lipinski definition) is 2. The Hall–Kier alpha value is -2.31. The molecule has 2 saturated heterocycles. The summed E-state index contributed by atoms with van der Waals surface area (Å²) in [5, 5.41) is 20.8. The van der Waals surface area contributed by atoms with E-state index in [1.165, 1.54) is 39.8 Å². The van der Waals surface area contributed by atoms with Crippen molar-refractivity contribution in [1.29, 1.82) is 0 Å². The monoisotopic (exact) mass is 466 g/mol. The van der Waals surface area contributed by atoms with Crippen molar-refractivity contribution in [2.24, 2.45) is 0 Å². The van der Waals surface area contributed by atoms with Crippen LogP contribution < -0.4 is 10.1 Å². The average Bonchev–Trinajstić information content (AvgIpc) is 3.23. The Morgan fingerprint density at radius 2 is 2.07 bits per heavy atom. The van der Waals surface area contributed by atoms with Gasteiger partial charge in [-0.05, 0) is 26.0 Å². The summed E-state index contributed by atoms with van der Waals surface area (Å²) in [7, 11) is 0. The Balaban J connectivity index is 1.43. The fraction of sp³-hybridized carbons (Fsp3) is 0.389. The number of hydrogen-bond acceptors (Lipinski definition) is 9. The van der Waals surface area contributed by atoms with Crippen LogP contribution in [0.3, 0.4) is 0 Å². The van der Waals surface area contributed by atoms with Crippen molar-refractivity contribution in [3.8, 4) is 5.75 Å². The van der Waals surface area contributed by atoms with Crippen molar-refractivity contribution >= 4 is 52.6 Å². The highest BCUT2D eigenvalue weighted by atomic mass is 32.2. The topological polar surface area (TPSA) is 122 Å². The molecule has 2 amide bonds. The number of thioether (sulfide) groups is 2. The summed E-state index contributed by atoms with van der Waals surface area (Å²) in [5.74, 6) is -1.39. The lowest BCUT2D eigenvalue weighted by Crippen LogP contribution is -2.70. The SMILES string of the molecule is Cc1nnc(S[C@@]2(C)S[C@@H]3[C@H](NC(=O)COc4ccccc4)C(=O)N3[C@@H]2C(=O)O)s1. The van der Waals surface area contributed by atoms with Crippen molar-refractivity contribution in [3.63, 3.8) is 0 Å². The van der Waals surface area contributed by atoms with E-state index < -0.39 is 39.3 Å². The number of rotatable bonds is 7. The maximum atomic E-state index is 12.7. The first-order valence-corrected chi connectivity index (χ1v) is 11.5. The van der Waals surface area contributed by atoms with Gasteiger partial charge in [-0.15, -0.1) is 22.0 Å². The molecule has 30 heavy (non-hydrogen) atoms. The van der Waals surface area contributed by atoms with E-state index in [1.807, 2.05) is 13.0 Å². The molecule has 0 radical (unpaired) electrons. The Kier molecular flexibility index (Phi) is 5.64. The van der Waals surface area contributed by atoms with E-state index in [1.54, 1.807) is 31.2 Å². The molecule has 0 unspecified atom stereocenters. The molecular weight excluding hydrogens is 448 g/mol. The number of carbonyl (C=O) groups is 3. The molecule has 1 aromatic carbocycles. The van der Waals surface area contributed by atoms with Crippen LogP contribution in [0.2, 0.25) is 0 Å². The Morgan fingerprint density at radius 3 is 2.70 bits per heavy atom. The largest absolute Gasteiger partial charge is 0.484 e. The molecule has 2 aromatic rings. The van der Waals surface area contributed by atoms with E-state index in [0.717, 1.165) is 5.01 Å². The molecule has 158 valence electrons. The van der Waals surface area contributed by atoms with Gasteiger partial charge in [-0.1, -0.05) is 41.3 Å². The molecule has 0 spiro atoms. The maximum absolute atomic E-state index is 12.7. The zero-order chi connectivity index (χ0) is 21.5. The number of ether oxygens (including phenoxy) is 1. The lowest BCUT2D eigenvalue weighted by atomic mass is 10.0. The van der Waals surface area contributed by atoms with Crippen molar-refractivity contribution in [2.75, 3.05) is 6.61 Å². The van der Waals surface area contributed by atoms with Crippen LogP contribution in [-0.2, 0) is 14.4 Å². The van der Waals surface area contributed by atoms with Crippen LogP contribution in [0.1, 0.15) is 11.9 Å². The van der Waals surface area contributed by atoms with Gasteiger partial charge in [-0.2, -0.15) is 0 Å². The third-order valence-corrected chi connectivity index (χ3v) is 8.66. The summed E-state index contributed by atoms with van der Waals surface area (Å²) >= 11 is 4.00. The zero-order valence-corrected chi connectivity index (χ0v) is 18.4. The lowest BCUT2D eigenvalue weighted by Gasteiger charge is -2.43. The third-order valence-electron chi connectivity index (χ3n) is 4.67. The quantitative estimate of drug-likeness (QED) is 0.586. The highest BCUT2D eigenvalue weighted by molar-refractivity contribution is 8.19. The zero-order valence-electron chi connectivity index (χ0n) is 16.0. The Labute approximate surface area is 184 Å². The minimum absolute atomic E-state index is 0.233. The summed E-state index contributed by atoms with van der Waals surface area (Å²) in [6.45, 7) is 3.37. The van der Waals surface area contributed by atoms with E-state index >= 15 is 0 Å². The highest BCUT2D eigenvalue weighted by Gasteiger charge is 2.66. The second kappa shape index (κ2) is 8.08. The molecule has 2 N–H and O–H groups in total. The standard InChI is InChI=1S/C18H18N4O5S3/c1-9-20-21-17(28-9)30-18(2)13(16(25)26)22-14(24)12(15(22)29-18)19-11(23)8-27-10-6-4-3-5-7-10/h3-7,12-13,15H,8H2,1-2H3,(H,19,23)(H,25,26)/t12-,13-,15-,18-/m1/s1. The third kappa shape index (κ3) is 3.86. The molecule has 12 heteroatoms. The fourth-order valence-corrected chi connectivity index (χ4v) is 7.96. The fourth-order valence-electron chi connectivity index (χ4n) is 3.37. The lowest BCUT2D eigenvalue weighted by molar-refractivity contribution is -0.160. The summed E-state index contributed by atoms with van der Waals surface area (Å²) < 4.78 is 5.19. The predicted octanol–water partition coefficient (Wildman–Crippen LogP) is 1.59. The normalized spacial score (nSPS) is 27.3. The number of carboxylic acids is 1. The number of carbonyl (C=O) groups excluding carboxylic acids is 2. The maximum Gasteiger partial charge on any atom is 0.328 e. The minimum Gasteiger partial charge on any atom is -0.484 e. The van der Waals surface area contributed by atoms with Gasteiger partial charge in [0.25, 0.3) is 5.91 Å². The smallest absolute Gasteiger partial charge is 0.328 e. The number of para-hydroxylation sites is 1. The van der Waals surface area contributed by atoms with E-state index in [-0.39, 0.29) is 6.61 Å². The van der Waals surface area contributed by atoms with Gasteiger partial charge in [0.05, 0.1) is 4.08 Å². The highest BCUT2D eigenvalue weighted by Crippen LogP contribution is 2.58. The Morgan fingerprint density at radius 1 is 1.33 bits per heavy atom. The number of aliphatic carboxylic acids is 1. The first kappa shape index (κ1) is 20.9. The number of aromatic nitrogens is 2. The number of nitrogens with one attached hydrogen (secondary N) is 1. The minimum atomic E-state index is -1.09. The van der Waals surface area contributed by atoms with Gasteiger partial charge in [0.2, 0.25) is 5.91 Å². The molecule has 4 rings (SSSR count). The van der Waals surface area contributed by atoms with Gasteiger partial charge < -0.3 is 20.1 Å². The summed E-state index contributed by atoms with van der Waals surface area (Å²) in [4.78, 5) is 38.2. The van der Waals surface area contributed by atoms with E-state index in [9.17, 15) is 19.5 Å². The molecule has 0 saturated carbocycles. The number of aryl methyl sites for hydroxylation is 1. The number of fused-ring (bicyclic) bond motifs is 1. The Bertz CT molecular complexity index is 987. The summed E-state index contributed by atoms with van der Waals surface area (Å²) in [6, 6.07) is 7.05. The van der Waals surface area contributed by atoms with E-state index in [0.29, 0.717) is 10.1 Å². The second-order valence-corrected chi connectivity index (χ2v) is 11.6. The van der Waals surface area contributed by atoms with Crippen LogP contribution in [0.5, 0.6) is 5.75 Å².